The van der Waals surface area contributed by atoms with Gasteiger partial charge in [-0.25, -0.2) is 9.37 Å². The Morgan fingerprint density at radius 2 is 1.91 bits per heavy atom. The average Bonchev–Trinajstić information content (AvgIpc) is 3.40. The third kappa shape index (κ3) is 8.47. The van der Waals surface area contributed by atoms with Gasteiger partial charge >= 0.3 is 0 Å². The lowest BCUT2D eigenvalue weighted by Gasteiger charge is -2.22. The molecule has 0 radical (unpaired) electrons. The van der Waals surface area contributed by atoms with Crippen LogP contribution in [-0.2, 0) is 10.2 Å². The minimum Gasteiger partial charge on any atom is -0.457 e. The van der Waals surface area contributed by atoms with E-state index in [1.807, 2.05) is 48.8 Å². The number of hydrogen-bond acceptors (Lipinski definition) is 5. The molecular formula is C39H40FN5O2. The van der Waals surface area contributed by atoms with E-state index in [4.69, 9.17) is 4.74 Å². The van der Waals surface area contributed by atoms with Crippen molar-refractivity contribution in [3.05, 3.63) is 150 Å². The molecule has 1 aromatic carbocycles. The van der Waals surface area contributed by atoms with Gasteiger partial charge in [0.2, 0.25) is 0 Å². The van der Waals surface area contributed by atoms with Crippen molar-refractivity contribution in [1.82, 2.24) is 14.7 Å². The third-order valence-corrected chi connectivity index (χ3v) is 7.25. The molecule has 0 spiro atoms. The summed E-state index contributed by atoms with van der Waals surface area (Å²) in [4.78, 5) is 18.2. The molecule has 0 fully saturated rings. The molecule has 0 bridgehead atoms. The van der Waals surface area contributed by atoms with Gasteiger partial charge in [-0.2, -0.15) is 0 Å². The first-order valence-corrected chi connectivity index (χ1v) is 15.1. The van der Waals surface area contributed by atoms with Crippen LogP contribution in [0.5, 0.6) is 5.75 Å². The molecule has 4 rings (SSSR count). The monoisotopic (exact) mass is 629 g/mol. The van der Waals surface area contributed by atoms with E-state index in [9.17, 15) is 4.79 Å². The van der Waals surface area contributed by atoms with Crippen LogP contribution < -0.4 is 20.7 Å². The molecule has 0 aliphatic heterocycles. The van der Waals surface area contributed by atoms with E-state index in [2.05, 4.69) is 73.3 Å². The summed E-state index contributed by atoms with van der Waals surface area (Å²) in [6.07, 6.45) is 15.1. The highest BCUT2D eigenvalue weighted by atomic mass is 19.1. The van der Waals surface area contributed by atoms with Gasteiger partial charge in [0.1, 0.15) is 23.0 Å². The lowest BCUT2D eigenvalue weighted by atomic mass is 9.86. The molecule has 240 valence electrons. The van der Waals surface area contributed by atoms with E-state index in [1.165, 1.54) is 12.2 Å². The largest absolute Gasteiger partial charge is 0.457 e. The van der Waals surface area contributed by atoms with Crippen molar-refractivity contribution in [1.29, 1.82) is 0 Å². The first kappa shape index (κ1) is 34.1. The molecule has 47 heavy (non-hydrogen) atoms. The van der Waals surface area contributed by atoms with Crippen LogP contribution in [0.2, 0.25) is 0 Å². The summed E-state index contributed by atoms with van der Waals surface area (Å²) in [5.41, 5.74) is 5.26. The van der Waals surface area contributed by atoms with Gasteiger partial charge in [-0.05, 0) is 84.9 Å². The number of carbonyl (C=O) groups excluding carboxylic acids is 1. The maximum Gasteiger partial charge on any atom is 0.258 e. The Bertz CT molecular complexity index is 1950. The van der Waals surface area contributed by atoms with E-state index in [1.54, 1.807) is 42.8 Å². The van der Waals surface area contributed by atoms with Crippen molar-refractivity contribution in [2.45, 2.75) is 39.5 Å². The van der Waals surface area contributed by atoms with Crippen LogP contribution in [0.4, 0.5) is 15.8 Å². The Labute approximate surface area is 276 Å². The molecule has 8 heteroatoms. The van der Waals surface area contributed by atoms with Crippen LogP contribution in [0.25, 0.3) is 5.65 Å². The number of imidazole rings is 1. The van der Waals surface area contributed by atoms with E-state index >= 15 is 4.39 Å². The minimum absolute atomic E-state index is 0.119. The van der Waals surface area contributed by atoms with Crippen molar-refractivity contribution in [3.63, 3.8) is 0 Å². The number of carbonyl (C=O) groups is 1. The second-order valence-electron chi connectivity index (χ2n) is 11.8. The Hall–Kier alpha value is -5.81. The third-order valence-electron chi connectivity index (χ3n) is 7.25. The van der Waals surface area contributed by atoms with E-state index < -0.39 is 11.7 Å². The van der Waals surface area contributed by atoms with Crippen molar-refractivity contribution < 1.29 is 13.9 Å². The number of hydrogen-bond donors (Lipinski definition) is 3. The topological polar surface area (TPSA) is 79.7 Å². The van der Waals surface area contributed by atoms with Gasteiger partial charge in [0.15, 0.2) is 5.65 Å². The molecular weight excluding hydrogens is 589 g/mol. The number of anilines is 2. The average molecular weight is 630 g/mol. The number of ether oxygens (including phenoxy) is 1. The van der Waals surface area contributed by atoms with Gasteiger partial charge in [0.25, 0.3) is 5.91 Å². The Morgan fingerprint density at radius 1 is 1.13 bits per heavy atom. The second kappa shape index (κ2) is 15.0. The highest BCUT2D eigenvalue weighted by Crippen LogP contribution is 2.32. The number of benzene rings is 1. The Morgan fingerprint density at radius 3 is 2.60 bits per heavy atom. The fourth-order valence-electron chi connectivity index (χ4n) is 4.66. The summed E-state index contributed by atoms with van der Waals surface area (Å²) < 4.78 is 23.2. The second-order valence-corrected chi connectivity index (χ2v) is 11.8. The Kier molecular flexibility index (Phi) is 10.9. The predicted molar refractivity (Wildman–Crippen MR) is 191 cm³/mol. The van der Waals surface area contributed by atoms with Crippen molar-refractivity contribution in [3.8, 4) is 17.6 Å². The number of nitrogens with zero attached hydrogens (tertiary/aromatic N) is 2. The molecule has 1 aliphatic rings. The number of fused-ring (bicyclic) bond motifs is 1. The van der Waals surface area contributed by atoms with Gasteiger partial charge < -0.3 is 20.7 Å². The fourth-order valence-corrected chi connectivity index (χ4v) is 4.66. The molecule has 7 nitrogen and oxygen atoms in total. The molecule has 3 aromatic rings. The highest BCUT2D eigenvalue weighted by molar-refractivity contribution is 6.07. The molecule has 2 aromatic heterocycles. The van der Waals surface area contributed by atoms with Crippen LogP contribution in [0, 0.1) is 11.8 Å². The molecule has 1 amide bonds. The zero-order valence-corrected chi connectivity index (χ0v) is 27.5. The summed E-state index contributed by atoms with van der Waals surface area (Å²) in [6, 6.07) is 9.25. The predicted octanol–water partition coefficient (Wildman–Crippen LogP) is 8.42. The number of pyridine rings is 1. The first-order valence-electron chi connectivity index (χ1n) is 15.1. The SMILES string of the molecule is C=C/C=C(\C=C)Oc1cc(NC(=O)C2=CC(C#Cc3cnc4c(N/C(C=C)=C/NC)cccn34)=C(C)CC=C2F)cc(C(C)(C)C)c1. The maximum atomic E-state index is 15.4. The lowest BCUT2D eigenvalue weighted by Crippen LogP contribution is -2.17. The molecule has 0 saturated carbocycles. The number of rotatable bonds is 10. The quantitative estimate of drug-likeness (QED) is 0.119. The molecule has 2 heterocycles. The number of halogens is 1. The molecule has 0 atom stereocenters. The van der Waals surface area contributed by atoms with Gasteiger partial charge in [-0.15, -0.1) is 0 Å². The normalized spacial score (nSPS) is 13.8. The van der Waals surface area contributed by atoms with Gasteiger partial charge in [0, 0.05) is 36.8 Å². The zero-order chi connectivity index (χ0) is 34.1. The zero-order valence-electron chi connectivity index (χ0n) is 27.5. The van der Waals surface area contributed by atoms with Crippen molar-refractivity contribution >= 4 is 22.9 Å². The summed E-state index contributed by atoms with van der Waals surface area (Å²) in [5, 5.41) is 9.15. The number of amides is 1. The van der Waals surface area contributed by atoms with Crippen LogP contribution in [-0.4, -0.2) is 22.3 Å². The first-order chi connectivity index (χ1) is 22.5. The molecule has 3 N–H and O–H groups in total. The summed E-state index contributed by atoms with van der Waals surface area (Å²) >= 11 is 0. The minimum atomic E-state index is -0.622. The number of allylic oxidation sites excluding steroid dienone is 8. The maximum absolute atomic E-state index is 15.4. The van der Waals surface area contributed by atoms with Gasteiger partial charge in [0.05, 0.1) is 23.2 Å². The van der Waals surface area contributed by atoms with Gasteiger partial charge in [-0.3, -0.25) is 9.20 Å². The molecule has 1 aliphatic carbocycles. The van der Waals surface area contributed by atoms with Crippen molar-refractivity contribution in [2.24, 2.45) is 0 Å². The van der Waals surface area contributed by atoms with Crippen LogP contribution in [0.3, 0.4) is 0 Å². The smallest absolute Gasteiger partial charge is 0.258 e. The van der Waals surface area contributed by atoms with Crippen LogP contribution >= 0.6 is 0 Å². The van der Waals surface area contributed by atoms with Crippen molar-refractivity contribution in [2.75, 3.05) is 17.7 Å². The van der Waals surface area contributed by atoms with Gasteiger partial charge in [-0.1, -0.05) is 58.1 Å². The summed E-state index contributed by atoms with van der Waals surface area (Å²) in [6.45, 7) is 19.4. The fraction of sp³-hybridized carbons (Fsp3) is 0.179. The number of nitrogens with one attached hydrogen (secondary N) is 3. The summed E-state index contributed by atoms with van der Waals surface area (Å²) in [7, 11) is 1.81. The van der Waals surface area contributed by atoms with E-state index in [-0.39, 0.29) is 11.0 Å². The van der Waals surface area contributed by atoms with E-state index in [0.717, 1.165) is 22.5 Å². The summed E-state index contributed by atoms with van der Waals surface area (Å²) in [5.74, 6) is 6.09. The molecule has 0 saturated heterocycles. The van der Waals surface area contributed by atoms with Crippen LogP contribution in [0.15, 0.2) is 139 Å². The molecule has 0 unspecified atom stereocenters. The van der Waals surface area contributed by atoms with Crippen LogP contribution in [0.1, 0.15) is 45.4 Å². The Balaban J connectivity index is 1.66. The standard InChI is InChI=1S/C39H40FN5O2/c1-9-13-32(11-3)47-33-22-28(39(5,6)7)21-30(23-33)44-38(46)34-20-27(26(4)15-18-35(34)40)16-17-31-25-42-37-36(14-12-19-45(31)37)43-29(10-2)24-41-8/h9-14,18-25,41,43H,1-3,15H2,4-8H3,(H,44,46)/b29-24+,32-13+. The number of aromatic nitrogens is 2. The highest BCUT2D eigenvalue weighted by Gasteiger charge is 2.21. The lowest BCUT2D eigenvalue weighted by molar-refractivity contribution is -0.112. The van der Waals surface area contributed by atoms with E-state index in [0.29, 0.717) is 40.5 Å².